The molecule has 180 valence electrons. The van der Waals surface area contributed by atoms with Gasteiger partial charge in [0.15, 0.2) is 9.84 Å². The third-order valence-electron chi connectivity index (χ3n) is 5.87. The van der Waals surface area contributed by atoms with Gasteiger partial charge < -0.3 is 4.74 Å². The highest BCUT2D eigenvalue weighted by atomic mass is 32.2. The van der Waals surface area contributed by atoms with Gasteiger partial charge in [0.25, 0.3) is 5.91 Å². The van der Waals surface area contributed by atoms with E-state index in [1.54, 1.807) is 10.8 Å². The normalized spacial score (nSPS) is 20.7. The molecule has 2 aliphatic heterocycles. The Morgan fingerprint density at radius 1 is 1.20 bits per heavy atom. The lowest BCUT2D eigenvalue weighted by atomic mass is 10.1. The molecule has 3 aromatic rings. The Labute approximate surface area is 213 Å². The van der Waals surface area contributed by atoms with Gasteiger partial charge in [0.2, 0.25) is 0 Å². The van der Waals surface area contributed by atoms with Gasteiger partial charge in [0, 0.05) is 17.3 Å². The fraction of sp³-hybridized carbons (Fsp3) is 0.240. The summed E-state index contributed by atoms with van der Waals surface area (Å²) in [4.78, 5) is 15.2. The first-order valence-electron chi connectivity index (χ1n) is 11.2. The highest BCUT2D eigenvalue weighted by Crippen LogP contribution is 2.38. The van der Waals surface area contributed by atoms with Crippen molar-refractivity contribution in [2.45, 2.75) is 19.4 Å². The quantitative estimate of drug-likeness (QED) is 0.350. The van der Waals surface area contributed by atoms with Crippen LogP contribution in [-0.2, 0) is 14.6 Å². The molecule has 2 fully saturated rings. The topological polar surface area (TPSA) is 81.5 Å². The van der Waals surface area contributed by atoms with Crippen molar-refractivity contribution in [3.05, 3.63) is 71.3 Å². The largest absolute Gasteiger partial charge is 0.494 e. The molecule has 0 radical (unpaired) electrons. The maximum Gasteiger partial charge on any atom is 0.266 e. The van der Waals surface area contributed by atoms with E-state index in [2.05, 4.69) is 0 Å². The molecule has 2 aromatic carbocycles. The van der Waals surface area contributed by atoms with E-state index in [4.69, 9.17) is 22.1 Å². The van der Waals surface area contributed by atoms with Crippen LogP contribution in [0.4, 0.5) is 0 Å². The Morgan fingerprint density at radius 2 is 2.00 bits per heavy atom. The fourth-order valence-electron chi connectivity index (χ4n) is 4.24. The number of thioether (sulfide) groups is 1. The Kier molecular flexibility index (Phi) is 6.52. The minimum atomic E-state index is -3.14. The number of ether oxygens (including phenoxy) is 1. The molecule has 7 nitrogen and oxygen atoms in total. The number of sulfone groups is 1. The zero-order valence-corrected chi connectivity index (χ0v) is 21.4. The van der Waals surface area contributed by atoms with Gasteiger partial charge in [-0.1, -0.05) is 54.3 Å². The van der Waals surface area contributed by atoms with Crippen LogP contribution in [0.5, 0.6) is 5.75 Å². The Balaban J connectivity index is 1.55. The van der Waals surface area contributed by atoms with E-state index in [0.717, 1.165) is 22.6 Å². The Bertz CT molecular complexity index is 1430. The summed E-state index contributed by atoms with van der Waals surface area (Å²) in [6.07, 6.45) is 4.08. The number of carbonyl (C=O) groups is 1. The molecule has 0 N–H and O–H groups in total. The van der Waals surface area contributed by atoms with Gasteiger partial charge in [0.05, 0.1) is 34.7 Å². The molecule has 2 saturated heterocycles. The summed E-state index contributed by atoms with van der Waals surface area (Å²) in [5.41, 5.74) is 3.19. The van der Waals surface area contributed by atoms with E-state index in [0.29, 0.717) is 27.9 Å². The third-order valence-corrected chi connectivity index (χ3v) is 8.95. The molecular weight excluding hydrogens is 502 g/mol. The summed E-state index contributed by atoms with van der Waals surface area (Å²) >= 11 is 6.67. The summed E-state index contributed by atoms with van der Waals surface area (Å²) in [6.45, 7) is 2.48. The molecule has 0 aliphatic carbocycles. The number of hydrogen-bond acceptors (Lipinski definition) is 7. The van der Waals surface area contributed by atoms with Gasteiger partial charge in [-0.05, 0) is 43.7 Å². The maximum absolute atomic E-state index is 13.3. The van der Waals surface area contributed by atoms with Crippen molar-refractivity contribution in [2.75, 3.05) is 18.1 Å². The number of benzene rings is 2. The number of thiocarbonyl (C=S) groups is 1. The number of aromatic nitrogens is 2. The third kappa shape index (κ3) is 4.91. The highest BCUT2D eigenvalue weighted by molar-refractivity contribution is 8.26. The zero-order chi connectivity index (χ0) is 24.6. The predicted octanol–water partition coefficient (Wildman–Crippen LogP) is 4.33. The Morgan fingerprint density at radius 3 is 2.71 bits per heavy atom. The number of para-hydroxylation sites is 1. The van der Waals surface area contributed by atoms with Crippen LogP contribution in [0.2, 0.25) is 0 Å². The minimum absolute atomic E-state index is 0.0475. The maximum atomic E-state index is 13.3. The molecule has 2 aliphatic rings. The van der Waals surface area contributed by atoms with Crippen molar-refractivity contribution in [2.24, 2.45) is 0 Å². The van der Waals surface area contributed by atoms with Crippen molar-refractivity contribution < 1.29 is 17.9 Å². The first kappa shape index (κ1) is 23.8. The van der Waals surface area contributed by atoms with E-state index in [1.165, 1.54) is 16.7 Å². The smallest absolute Gasteiger partial charge is 0.266 e. The van der Waals surface area contributed by atoms with E-state index in [9.17, 15) is 13.2 Å². The fourth-order valence-corrected chi connectivity index (χ4v) is 7.34. The second kappa shape index (κ2) is 9.60. The number of nitrogens with zero attached hydrogens (tertiary/aromatic N) is 3. The molecule has 5 rings (SSSR count). The predicted molar refractivity (Wildman–Crippen MR) is 142 cm³/mol. The monoisotopic (exact) mass is 525 g/mol. The summed E-state index contributed by atoms with van der Waals surface area (Å²) in [6, 6.07) is 17.0. The number of carbonyl (C=O) groups excluding carboxylic acids is 1. The van der Waals surface area contributed by atoms with Gasteiger partial charge in [0.1, 0.15) is 15.8 Å². The van der Waals surface area contributed by atoms with Gasteiger partial charge in [-0.15, -0.1) is 0 Å². The van der Waals surface area contributed by atoms with Crippen LogP contribution >= 0.6 is 24.0 Å². The first-order valence-corrected chi connectivity index (χ1v) is 14.2. The van der Waals surface area contributed by atoms with Gasteiger partial charge in [-0.25, -0.2) is 13.1 Å². The summed E-state index contributed by atoms with van der Waals surface area (Å²) < 4.78 is 31.8. The van der Waals surface area contributed by atoms with Gasteiger partial charge in [-0.2, -0.15) is 5.10 Å². The highest BCUT2D eigenvalue weighted by Gasteiger charge is 2.42. The average Bonchev–Trinajstić information content (AvgIpc) is 3.50. The number of amides is 1. The van der Waals surface area contributed by atoms with Gasteiger partial charge >= 0.3 is 0 Å². The van der Waals surface area contributed by atoms with E-state index >= 15 is 0 Å². The van der Waals surface area contributed by atoms with Crippen LogP contribution in [-0.4, -0.2) is 57.5 Å². The summed E-state index contributed by atoms with van der Waals surface area (Å²) in [5, 5.41) is 4.82. The van der Waals surface area contributed by atoms with Crippen molar-refractivity contribution in [3.8, 4) is 22.7 Å². The average molecular weight is 526 g/mol. The van der Waals surface area contributed by atoms with Crippen molar-refractivity contribution in [3.63, 3.8) is 0 Å². The van der Waals surface area contributed by atoms with Crippen molar-refractivity contribution >= 4 is 50.1 Å². The van der Waals surface area contributed by atoms with Gasteiger partial charge in [-0.3, -0.25) is 9.69 Å². The van der Waals surface area contributed by atoms with Crippen molar-refractivity contribution in [1.82, 2.24) is 14.7 Å². The van der Waals surface area contributed by atoms with E-state index in [-0.39, 0.29) is 17.4 Å². The summed E-state index contributed by atoms with van der Waals surface area (Å²) in [7, 11) is -3.14. The standard InChI is InChI=1S/C25H23N3O4S3/c1-2-32-21-10-6-7-17(13-21)23-18(15-27(26-23)19-8-4-3-5-9-19)14-22-24(29)28(25(33)34-22)20-11-12-35(30,31)16-20/h3-10,13-15,20H,2,11-12,16H2,1H3/b22-14-. The molecule has 1 aromatic heterocycles. The second-order valence-corrected chi connectivity index (χ2v) is 12.2. The van der Waals surface area contributed by atoms with Crippen LogP contribution in [0.1, 0.15) is 18.9 Å². The molecule has 0 bridgehead atoms. The number of rotatable bonds is 6. The molecule has 1 unspecified atom stereocenters. The molecular formula is C25H23N3O4S3. The SMILES string of the molecule is CCOc1cccc(-c2nn(-c3ccccc3)cc2/C=C2\SC(=S)N(C3CCS(=O)(=O)C3)C2=O)c1. The lowest BCUT2D eigenvalue weighted by Gasteiger charge is -2.20. The van der Waals surface area contributed by atoms with Crippen LogP contribution in [0.25, 0.3) is 23.0 Å². The lowest BCUT2D eigenvalue weighted by Crippen LogP contribution is -2.39. The molecule has 1 amide bonds. The molecule has 0 spiro atoms. The molecule has 10 heteroatoms. The van der Waals surface area contributed by atoms with Crippen LogP contribution < -0.4 is 4.74 Å². The Hall–Kier alpha value is -2.95. The molecule has 0 saturated carbocycles. The van der Waals surface area contributed by atoms with Crippen LogP contribution in [0, 0.1) is 0 Å². The lowest BCUT2D eigenvalue weighted by molar-refractivity contribution is -0.123. The van der Waals surface area contributed by atoms with Crippen LogP contribution in [0.15, 0.2) is 65.7 Å². The molecule has 1 atom stereocenters. The molecule has 35 heavy (non-hydrogen) atoms. The number of hydrogen-bond donors (Lipinski definition) is 0. The first-order chi connectivity index (χ1) is 16.8. The van der Waals surface area contributed by atoms with E-state index < -0.39 is 15.9 Å². The zero-order valence-electron chi connectivity index (χ0n) is 19.0. The minimum Gasteiger partial charge on any atom is -0.494 e. The second-order valence-electron chi connectivity index (χ2n) is 8.28. The summed E-state index contributed by atoms with van der Waals surface area (Å²) in [5.74, 6) is 0.508. The van der Waals surface area contributed by atoms with E-state index in [1.807, 2.05) is 67.7 Å². The van der Waals surface area contributed by atoms with Crippen molar-refractivity contribution in [1.29, 1.82) is 0 Å². The molecule has 3 heterocycles. The van der Waals surface area contributed by atoms with Crippen LogP contribution in [0.3, 0.4) is 0 Å².